The van der Waals surface area contributed by atoms with Crippen LogP contribution in [0.1, 0.15) is 5.56 Å². The largest absolute Gasteiger partial charge is 0.438 e. The molecule has 1 atom stereocenters. The second-order valence-electron chi connectivity index (χ2n) is 6.88. The van der Waals surface area contributed by atoms with Crippen LogP contribution < -0.4 is 9.80 Å². The minimum atomic E-state index is -0.497. The van der Waals surface area contributed by atoms with Crippen LogP contribution >= 0.6 is 15.9 Å². The summed E-state index contributed by atoms with van der Waals surface area (Å²) in [4.78, 5) is 20.0. The minimum absolute atomic E-state index is 0.305. The number of halogens is 2. The maximum atomic E-state index is 14.6. The summed E-state index contributed by atoms with van der Waals surface area (Å²) in [6.45, 7) is 3.28. The maximum Gasteiger partial charge on any atom is 0.415 e. The number of anilines is 2. The first-order valence-corrected chi connectivity index (χ1v) is 10.2. The molecule has 1 unspecified atom stereocenters. The molecule has 152 valence electrons. The number of rotatable bonds is 5. The monoisotopic (exact) mass is 461 g/mol. The standard InChI is InChI=1S/C21H21BrFN3O3/c22-16-3-1-15(2-4-16)12-24-13-18-14-26(21(27)29-18)17-5-6-20(19(23)11-17)25-7-9-28-10-8-25/h1-6,11,13,18H,7-10,12,14H2/b24-13+. The summed E-state index contributed by atoms with van der Waals surface area (Å²) in [7, 11) is 0. The van der Waals surface area contributed by atoms with Crippen LogP contribution in [0.15, 0.2) is 51.9 Å². The van der Waals surface area contributed by atoms with E-state index < -0.39 is 12.2 Å². The summed E-state index contributed by atoms with van der Waals surface area (Å²) in [5.41, 5.74) is 2.07. The van der Waals surface area contributed by atoms with Crippen LogP contribution in [-0.4, -0.2) is 51.3 Å². The number of morpholine rings is 1. The van der Waals surface area contributed by atoms with Crippen molar-refractivity contribution >= 4 is 39.6 Å². The fourth-order valence-electron chi connectivity index (χ4n) is 3.36. The summed E-state index contributed by atoms with van der Waals surface area (Å²) >= 11 is 3.40. The Bertz CT molecular complexity index is 901. The Kier molecular flexibility index (Phi) is 6.10. The van der Waals surface area contributed by atoms with Gasteiger partial charge in [-0.2, -0.15) is 0 Å². The third-order valence-corrected chi connectivity index (χ3v) is 5.42. The molecule has 2 aliphatic heterocycles. The molecule has 0 bridgehead atoms. The van der Waals surface area contributed by atoms with E-state index in [1.165, 1.54) is 11.0 Å². The van der Waals surface area contributed by atoms with Gasteiger partial charge < -0.3 is 14.4 Å². The lowest BCUT2D eigenvalue weighted by molar-refractivity contribution is 0.122. The molecule has 0 spiro atoms. The molecular formula is C21H21BrFN3O3. The number of hydrogen-bond acceptors (Lipinski definition) is 5. The molecule has 0 radical (unpaired) electrons. The van der Waals surface area contributed by atoms with E-state index >= 15 is 0 Å². The predicted octanol–water partition coefficient (Wildman–Crippen LogP) is 4.02. The highest BCUT2D eigenvalue weighted by Gasteiger charge is 2.32. The van der Waals surface area contributed by atoms with Crippen LogP contribution in [0.25, 0.3) is 0 Å². The van der Waals surface area contributed by atoms with Crippen molar-refractivity contribution in [3.8, 4) is 0 Å². The number of hydrogen-bond donors (Lipinski definition) is 0. The van der Waals surface area contributed by atoms with Crippen molar-refractivity contribution in [3.63, 3.8) is 0 Å². The third-order valence-electron chi connectivity index (χ3n) is 4.89. The fraction of sp³-hybridized carbons (Fsp3) is 0.333. The van der Waals surface area contributed by atoms with Gasteiger partial charge in [0.1, 0.15) is 5.82 Å². The van der Waals surface area contributed by atoms with Crippen LogP contribution in [0.3, 0.4) is 0 Å². The van der Waals surface area contributed by atoms with E-state index in [0.717, 1.165) is 10.0 Å². The molecule has 6 nitrogen and oxygen atoms in total. The average molecular weight is 462 g/mol. The van der Waals surface area contributed by atoms with Crippen molar-refractivity contribution in [2.24, 2.45) is 4.99 Å². The van der Waals surface area contributed by atoms with E-state index in [0.29, 0.717) is 50.8 Å². The Labute approximate surface area is 177 Å². The molecule has 0 aromatic heterocycles. The Morgan fingerprint density at radius 3 is 2.66 bits per heavy atom. The number of cyclic esters (lactones) is 1. The first-order valence-electron chi connectivity index (χ1n) is 9.45. The van der Waals surface area contributed by atoms with E-state index in [1.54, 1.807) is 18.3 Å². The fourth-order valence-corrected chi connectivity index (χ4v) is 3.63. The molecular weight excluding hydrogens is 441 g/mol. The normalized spacial score (nSPS) is 19.8. The smallest absolute Gasteiger partial charge is 0.415 e. The minimum Gasteiger partial charge on any atom is -0.438 e. The van der Waals surface area contributed by atoms with Crippen molar-refractivity contribution in [2.45, 2.75) is 12.6 Å². The van der Waals surface area contributed by atoms with Gasteiger partial charge in [-0.3, -0.25) is 9.89 Å². The molecule has 2 aliphatic rings. The molecule has 0 aliphatic carbocycles. The van der Waals surface area contributed by atoms with E-state index in [4.69, 9.17) is 9.47 Å². The molecule has 2 aromatic carbocycles. The highest BCUT2D eigenvalue weighted by Crippen LogP contribution is 2.28. The molecule has 29 heavy (non-hydrogen) atoms. The van der Waals surface area contributed by atoms with Crippen molar-refractivity contribution in [1.29, 1.82) is 0 Å². The quantitative estimate of drug-likeness (QED) is 0.630. The summed E-state index contributed by atoms with van der Waals surface area (Å²) < 4.78 is 26.3. The zero-order valence-electron chi connectivity index (χ0n) is 15.8. The molecule has 2 saturated heterocycles. The predicted molar refractivity (Wildman–Crippen MR) is 113 cm³/mol. The highest BCUT2D eigenvalue weighted by molar-refractivity contribution is 9.10. The van der Waals surface area contributed by atoms with Gasteiger partial charge in [0.15, 0.2) is 6.10 Å². The molecule has 1 amide bonds. The molecule has 2 heterocycles. The van der Waals surface area contributed by atoms with E-state index in [1.807, 2.05) is 29.2 Å². The van der Waals surface area contributed by atoms with E-state index in [2.05, 4.69) is 20.9 Å². The molecule has 2 aromatic rings. The van der Waals surface area contributed by atoms with E-state index in [-0.39, 0.29) is 5.82 Å². The zero-order chi connectivity index (χ0) is 20.2. The Morgan fingerprint density at radius 2 is 1.93 bits per heavy atom. The van der Waals surface area contributed by atoms with Crippen LogP contribution in [0.2, 0.25) is 0 Å². The maximum absolute atomic E-state index is 14.6. The molecule has 2 fully saturated rings. The van der Waals surface area contributed by atoms with Crippen LogP contribution in [0.4, 0.5) is 20.6 Å². The number of carbonyl (C=O) groups excluding carboxylic acids is 1. The second-order valence-corrected chi connectivity index (χ2v) is 7.80. The Balaban J connectivity index is 1.39. The lowest BCUT2D eigenvalue weighted by atomic mass is 10.2. The van der Waals surface area contributed by atoms with Gasteiger partial charge in [-0.25, -0.2) is 9.18 Å². The number of amides is 1. The number of ether oxygens (including phenoxy) is 2. The molecule has 0 N–H and O–H groups in total. The first-order chi connectivity index (χ1) is 14.1. The van der Waals surface area contributed by atoms with Gasteiger partial charge in [0.2, 0.25) is 0 Å². The van der Waals surface area contributed by atoms with Crippen LogP contribution in [0, 0.1) is 5.82 Å². The molecule has 8 heteroatoms. The number of benzene rings is 2. The van der Waals surface area contributed by atoms with Crippen molar-refractivity contribution < 1.29 is 18.7 Å². The van der Waals surface area contributed by atoms with Crippen LogP contribution in [-0.2, 0) is 16.0 Å². The van der Waals surface area contributed by atoms with Gasteiger partial charge in [0.05, 0.1) is 37.7 Å². The summed E-state index contributed by atoms with van der Waals surface area (Å²) in [6, 6.07) is 12.7. The Morgan fingerprint density at radius 1 is 1.17 bits per heavy atom. The van der Waals surface area contributed by atoms with Gasteiger partial charge >= 0.3 is 6.09 Å². The van der Waals surface area contributed by atoms with Gasteiger partial charge in [0.25, 0.3) is 0 Å². The van der Waals surface area contributed by atoms with Crippen molar-refractivity contribution in [3.05, 3.63) is 58.3 Å². The lowest BCUT2D eigenvalue weighted by Crippen LogP contribution is -2.36. The number of aliphatic imine (C=N–C) groups is 1. The van der Waals surface area contributed by atoms with Gasteiger partial charge in [-0.1, -0.05) is 28.1 Å². The SMILES string of the molecule is O=C1OC(/C=N/Cc2ccc(Br)cc2)CN1c1ccc(N2CCOCC2)c(F)c1. The summed E-state index contributed by atoms with van der Waals surface area (Å²) in [5, 5.41) is 0. The molecule has 0 saturated carbocycles. The summed E-state index contributed by atoms with van der Waals surface area (Å²) in [5.74, 6) is -0.357. The first kappa shape index (κ1) is 19.8. The summed E-state index contributed by atoms with van der Waals surface area (Å²) in [6.07, 6.45) is 0.682. The second kappa shape index (κ2) is 8.92. The third kappa shape index (κ3) is 4.76. The lowest BCUT2D eigenvalue weighted by Gasteiger charge is -2.29. The van der Waals surface area contributed by atoms with Crippen molar-refractivity contribution in [1.82, 2.24) is 0 Å². The molecule has 4 rings (SSSR count). The van der Waals surface area contributed by atoms with Gasteiger partial charge in [-0.15, -0.1) is 0 Å². The van der Waals surface area contributed by atoms with Gasteiger partial charge in [-0.05, 0) is 35.9 Å². The van der Waals surface area contributed by atoms with Crippen molar-refractivity contribution in [2.75, 3.05) is 42.6 Å². The average Bonchev–Trinajstić information content (AvgIpc) is 3.10. The Hall–Kier alpha value is -2.45. The van der Waals surface area contributed by atoms with Crippen LogP contribution in [0.5, 0.6) is 0 Å². The highest BCUT2D eigenvalue weighted by atomic mass is 79.9. The zero-order valence-corrected chi connectivity index (χ0v) is 17.3. The van der Waals surface area contributed by atoms with E-state index in [9.17, 15) is 9.18 Å². The van der Waals surface area contributed by atoms with Gasteiger partial charge in [0, 0.05) is 23.8 Å². The number of nitrogens with zero attached hydrogens (tertiary/aromatic N) is 3. The topological polar surface area (TPSA) is 54.4 Å². The number of carbonyl (C=O) groups is 1.